The number of nitrogens with one attached hydrogen (secondary N) is 1. The van der Waals surface area contributed by atoms with Crippen LogP contribution in [0.4, 0.5) is 10.1 Å². The lowest BCUT2D eigenvalue weighted by Gasteiger charge is -2.14. The number of rotatable bonds is 5. The third kappa shape index (κ3) is 3.81. The Hall–Kier alpha value is -4.59. The van der Waals surface area contributed by atoms with E-state index in [1.165, 1.54) is 27.4 Å². The molecule has 8 heteroatoms. The number of anilines is 1. The molecule has 1 aliphatic heterocycles. The van der Waals surface area contributed by atoms with Gasteiger partial charge in [0.1, 0.15) is 11.4 Å². The van der Waals surface area contributed by atoms with E-state index in [0.29, 0.717) is 17.8 Å². The van der Waals surface area contributed by atoms with Gasteiger partial charge >= 0.3 is 5.91 Å². The van der Waals surface area contributed by atoms with Crippen molar-refractivity contribution in [2.45, 2.75) is 34.1 Å². The van der Waals surface area contributed by atoms with Crippen LogP contribution in [0.5, 0.6) is 0 Å². The van der Waals surface area contributed by atoms with Crippen molar-refractivity contribution < 1.29 is 18.5 Å². The van der Waals surface area contributed by atoms with E-state index in [4.69, 9.17) is 0 Å². The number of carbonyl (C=O) groups excluding carboxylic acids is 2. The second-order valence-electron chi connectivity index (χ2n) is 9.08. The molecule has 0 atom stereocenters. The Kier molecular flexibility index (Phi) is 5.95. The Morgan fingerprint density at radius 2 is 1.54 bits per heavy atom. The summed E-state index contributed by atoms with van der Waals surface area (Å²) in [7, 11) is 0. The zero-order chi connectivity index (χ0) is 26.4. The van der Waals surface area contributed by atoms with E-state index in [0.717, 1.165) is 21.6 Å². The number of imide groups is 1. The zero-order valence-electron chi connectivity index (χ0n) is 21.0. The van der Waals surface area contributed by atoms with Gasteiger partial charge in [-0.1, -0.05) is 31.2 Å². The average Bonchev–Trinajstić information content (AvgIpc) is 3.34. The van der Waals surface area contributed by atoms with Gasteiger partial charge in [0.05, 0.1) is 16.9 Å². The molecule has 3 heterocycles. The van der Waals surface area contributed by atoms with Gasteiger partial charge in [0.25, 0.3) is 17.2 Å². The molecule has 0 fully saturated rings. The highest BCUT2D eigenvalue weighted by Crippen LogP contribution is 2.34. The van der Waals surface area contributed by atoms with Gasteiger partial charge in [-0.15, -0.1) is 0 Å². The van der Waals surface area contributed by atoms with Gasteiger partial charge in [-0.2, -0.15) is 4.57 Å². The summed E-state index contributed by atoms with van der Waals surface area (Å²) in [5.74, 6) is -2.17. The van der Waals surface area contributed by atoms with E-state index >= 15 is 0 Å². The molecule has 37 heavy (non-hydrogen) atoms. The lowest BCUT2D eigenvalue weighted by atomic mass is 10.0. The number of carbonyl (C=O) groups is 2. The van der Waals surface area contributed by atoms with Crippen molar-refractivity contribution in [3.05, 3.63) is 111 Å². The Labute approximate surface area is 213 Å². The van der Waals surface area contributed by atoms with Crippen LogP contribution < -0.4 is 15.0 Å². The van der Waals surface area contributed by atoms with E-state index < -0.39 is 23.2 Å². The molecule has 2 aromatic heterocycles. The maximum absolute atomic E-state index is 14.8. The third-order valence-electron chi connectivity index (χ3n) is 6.79. The maximum Gasteiger partial charge on any atom is 0.331 e. The number of benzene rings is 2. The van der Waals surface area contributed by atoms with Gasteiger partial charge in [0.15, 0.2) is 12.4 Å². The monoisotopic (exact) mass is 497 g/mol. The van der Waals surface area contributed by atoms with Gasteiger partial charge < -0.3 is 0 Å². The van der Waals surface area contributed by atoms with Crippen LogP contribution in [-0.2, 0) is 16.0 Å². The molecule has 0 spiro atoms. The number of aromatic amines is 1. The first-order chi connectivity index (χ1) is 17.7. The number of amides is 2. The van der Waals surface area contributed by atoms with Crippen molar-refractivity contribution in [3.63, 3.8) is 0 Å². The second kappa shape index (κ2) is 9.13. The number of hydrogen-bond acceptors (Lipinski definition) is 3. The van der Waals surface area contributed by atoms with E-state index in [-0.39, 0.29) is 22.5 Å². The van der Waals surface area contributed by atoms with E-state index in [9.17, 15) is 18.8 Å². The highest BCUT2D eigenvalue weighted by atomic mass is 19.1. The zero-order valence-corrected chi connectivity index (χ0v) is 21.0. The number of aromatic nitrogens is 3. The van der Waals surface area contributed by atoms with Crippen molar-refractivity contribution in [1.29, 1.82) is 0 Å². The molecule has 7 nitrogen and oxygen atoms in total. The SMILES string of the molecule is CCc1[nH]n(-c2cccc(C)c2C)c(=O)c1C1=C([n+]2ccc(C)cc2)C(=O)N(c2ccccc2F)C1=O. The summed E-state index contributed by atoms with van der Waals surface area (Å²) in [6, 6.07) is 14.8. The number of nitrogens with zero attached hydrogens (tertiary/aromatic N) is 3. The fraction of sp³-hybridized carbons (Fsp3) is 0.172. The van der Waals surface area contributed by atoms with Crippen LogP contribution in [0, 0.1) is 26.6 Å². The number of H-pyrrole nitrogens is 1. The van der Waals surface area contributed by atoms with Crippen LogP contribution in [0.1, 0.15) is 34.9 Å². The first-order valence-electron chi connectivity index (χ1n) is 12.0. The van der Waals surface area contributed by atoms with Crippen LogP contribution >= 0.6 is 0 Å². The first kappa shape index (κ1) is 24.1. The van der Waals surface area contributed by atoms with E-state index in [1.54, 1.807) is 30.6 Å². The minimum atomic E-state index is -0.753. The maximum atomic E-state index is 14.8. The molecule has 0 bridgehead atoms. The van der Waals surface area contributed by atoms with Gasteiger partial charge in [-0.3, -0.25) is 19.5 Å². The first-order valence-corrected chi connectivity index (χ1v) is 12.0. The molecule has 5 rings (SSSR count). The quantitative estimate of drug-likeness (QED) is 0.334. The van der Waals surface area contributed by atoms with Crippen LogP contribution in [0.25, 0.3) is 17.0 Å². The lowest BCUT2D eigenvalue weighted by Crippen LogP contribution is -2.39. The van der Waals surface area contributed by atoms with Gasteiger partial charge in [-0.05, 0) is 62.1 Å². The number of halogens is 1. The summed E-state index contributed by atoms with van der Waals surface area (Å²) < 4.78 is 17.7. The van der Waals surface area contributed by atoms with E-state index in [2.05, 4.69) is 5.10 Å². The largest absolute Gasteiger partial charge is 0.331 e. The third-order valence-corrected chi connectivity index (χ3v) is 6.79. The van der Waals surface area contributed by atoms with Crippen molar-refractivity contribution in [1.82, 2.24) is 9.78 Å². The van der Waals surface area contributed by atoms with Crippen LogP contribution in [0.2, 0.25) is 0 Å². The minimum absolute atomic E-state index is 0.00725. The van der Waals surface area contributed by atoms with Crippen molar-refractivity contribution in [3.8, 4) is 5.69 Å². The fourth-order valence-corrected chi connectivity index (χ4v) is 4.63. The second-order valence-corrected chi connectivity index (χ2v) is 9.08. The smallest absolute Gasteiger partial charge is 0.294 e. The number of aryl methyl sites for hydroxylation is 3. The molecule has 0 saturated heterocycles. The average molecular weight is 498 g/mol. The summed E-state index contributed by atoms with van der Waals surface area (Å²) in [5.41, 5.74) is 3.43. The number of hydrogen-bond donors (Lipinski definition) is 1. The molecule has 1 aliphatic rings. The fourth-order valence-electron chi connectivity index (χ4n) is 4.63. The van der Waals surface area contributed by atoms with Crippen LogP contribution in [0.15, 0.2) is 71.8 Å². The Morgan fingerprint density at radius 3 is 2.22 bits per heavy atom. The molecule has 0 aliphatic carbocycles. The normalized spacial score (nSPS) is 13.7. The van der Waals surface area contributed by atoms with Crippen LogP contribution in [-0.4, -0.2) is 21.6 Å². The molecular weight excluding hydrogens is 471 g/mol. The van der Waals surface area contributed by atoms with E-state index in [1.807, 2.05) is 45.9 Å². The standard InChI is InChI=1S/C29H25FN4O3/c1-5-21-24(28(36)34(31-21)22-12-8-9-18(3)19(22)4)25-26(32-15-13-17(2)14-16-32)29(37)33(27(25)35)23-11-7-6-10-20(23)30/h6-16H,5H2,1-4H3/p+1. The summed E-state index contributed by atoms with van der Waals surface area (Å²) in [6.45, 7) is 7.63. The van der Waals surface area contributed by atoms with Gasteiger partial charge in [0, 0.05) is 17.8 Å². The topological polar surface area (TPSA) is 79.1 Å². The Balaban J connectivity index is 1.81. The molecule has 4 aromatic rings. The molecule has 0 saturated carbocycles. The van der Waals surface area contributed by atoms with Gasteiger partial charge in [-0.25, -0.2) is 14.0 Å². The molecule has 186 valence electrons. The Morgan fingerprint density at radius 1 is 0.865 bits per heavy atom. The summed E-state index contributed by atoms with van der Waals surface area (Å²) in [6.07, 6.45) is 3.71. The molecule has 2 amide bonds. The van der Waals surface area contributed by atoms with Crippen molar-refractivity contribution >= 4 is 28.8 Å². The number of pyridine rings is 1. The molecule has 1 N–H and O–H groups in total. The Bertz CT molecular complexity index is 1660. The predicted molar refractivity (Wildman–Crippen MR) is 139 cm³/mol. The van der Waals surface area contributed by atoms with Gasteiger partial charge in [0.2, 0.25) is 0 Å². The van der Waals surface area contributed by atoms with Crippen LogP contribution in [0.3, 0.4) is 0 Å². The van der Waals surface area contributed by atoms with Crippen molar-refractivity contribution in [2.24, 2.45) is 0 Å². The molecular formula is C29H26FN4O3+. The summed E-state index contributed by atoms with van der Waals surface area (Å²) in [5, 5.41) is 3.15. The van der Waals surface area contributed by atoms with Crippen molar-refractivity contribution in [2.75, 3.05) is 4.90 Å². The summed E-state index contributed by atoms with van der Waals surface area (Å²) >= 11 is 0. The summed E-state index contributed by atoms with van der Waals surface area (Å²) in [4.78, 5) is 42.4. The lowest BCUT2D eigenvalue weighted by molar-refractivity contribution is -0.576. The molecule has 2 aromatic carbocycles. The minimum Gasteiger partial charge on any atom is -0.294 e. The number of para-hydroxylation sites is 1. The molecule has 0 unspecified atom stereocenters. The molecule has 0 radical (unpaired) electrons. The highest BCUT2D eigenvalue weighted by molar-refractivity contribution is 6.53. The highest BCUT2D eigenvalue weighted by Gasteiger charge is 2.48. The predicted octanol–water partition coefficient (Wildman–Crippen LogP) is 4.02.